The molecule has 0 aliphatic carbocycles. The van der Waals surface area contributed by atoms with E-state index in [0.717, 1.165) is 48.9 Å². The van der Waals surface area contributed by atoms with Crippen molar-refractivity contribution in [2.75, 3.05) is 26.7 Å². The molecule has 1 atom stereocenters. The van der Waals surface area contributed by atoms with E-state index in [2.05, 4.69) is 28.2 Å². The molecule has 0 saturated carbocycles. The molecule has 1 aromatic heterocycles. The molecule has 0 spiro atoms. The third kappa shape index (κ3) is 5.59. The lowest BCUT2D eigenvalue weighted by Crippen LogP contribution is -2.48. The van der Waals surface area contributed by atoms with Crippen LogP contribution in [0.2, 0.25) is 0 Å². The number of benzene rings is 1. The number of ether oxygens (including phenoxy) is 2. The van der Waals surface area contributed by atoms with Crippen LogP contribution in [-0.2, 0) is 13.2 Å². The molecule has 3 rings (SSSR count). The number of rotatable bonds is 6. The van der Waals surface area contributed by atoms with Crippen molar-refractivity contribution in [3.8, 4) is 11.5 Å². The second-order valence-corrected chi connectivity index (χ2v) is 6.17. The van der Waals surface area contributed by atoms with Crippen molar-refractivity contribution in [1.29, 1.82) is 0 Å². The molecule has 1 aromatic carbocycles. The Morgan fingerprint density at radius 3 is 2.88 bits per heavy atom. The molecule has 6 heteroatoms. The third-order valence-electron chi connectivity index (χ3n) is 4.22. The van der Waals surface area contributed by atoms with Gasteiger partial charge in [0.05, 0.1) is 12.8 Å². The Labute approximate surface area is 155 Å². The van der Waals surface area contributed by atoms with E-state index in [1.165, 1.54) is 0 Å². The molecule has 0 amide bonds. The minimum atomic E-state index is 0. The normalized spacial score (nSPS) is 17.6. The fourth-order valence-corrected chi connectivity index (χ4v) is 2.98. The highest BCUT2D eigenvalue weighted by molar-refractivity contribution is 5.85. The Hall–Kier alpha value is -1.82. The first-order valence-electron chi connectivity index (χ1n) is 8.40. The lowest BCUT2D eigenvalue weighted by atomic mass is 10.1. The molecule has 1 fully saturated rings. The van der Waals surface area contributed by atoms with Gasteiger partial charge < -0.3 is 14.8 Å². The Morgan fingerprint density at radius 1 is 1.28 bits per heavy atom. The van der Waals surface area contributed by atoms with Crippen LogP contribution in [0.4, 0.5) is 0 Å². The second-order valence-electron chi connectivity index (χ2n) is 6.17. The number of piperazine rings is 1. The molecular formula is C19H26ClN3O2. The fourth-order valence-electron chi connectivity index (χ4n) is 2.98. The van der Waals surface area contributed by atoms with Gasteiger partial charge in [0, 0.05) is 44.0 Å². The van der Waals surface area contributed by atoms with Crippen LogP contribution in [0.3, 0.4) is 0 Å². The number of nitrogens with zero attached hydrogens (tertiary/aromatic N) is 2. The summed E-state index contributed by atoms with van der Waals surface area (Å²) in [6, 6.07) is 12.4. The van der Waals surface area contributed by atoms with Crippen molar-refractivity contribution in [2.45, 2.75) is 26.1 Å². The maximum absolute atomic E-state index is 6.03. The lowest BCUT2D eigenvalue weighted by Gasteiger charge is -2.32. The third-order valence-corrected chi connectivity index (χ3v) is 4.22. The molecule has 2 heterocycles. The van der Waals surface area contributed by atoms with Crippen LogP contribution in [0.25, 0.3) is 0 Å². The summed E-state index contributed by atoms with van der Waals surface area (Å²) in [5.41, 5.74) is 2.08. The van der Waals surface area contributed by atoms with Gasteiger partial charge in [-0.2, -0.15) is 0 Å². The maximum Gasteiger partial charge on any atom is 0.130 e. The van der Waals surface area contributed by atoms with Gasteiger partial charge in [-0.15, -0.1) is 12.4 Å². The van der Waals surface area contributed by atoms with Gasteiger partial charge in [-0.05, 0) is 37.3 Å². The van der Waals surface area contributed by atoms with E-state index in [0.29, 0.717) is 12.6 Å². The average molecular weight is 364 g/mol. The summed E-state index contributed by atoms with van der Waals surface area (Å²) in [6.45, 7) is 6.66. The fraction of sp³-hybridized carbons (Fsp3) is 0.421. The molecule has 136 valence electrons. The van der Waals surface area contributed by atoms with Gasteiger partial charge in [-0.25, -0.2) is 0 Å². The zero-order valence-electron chi connectivity index (χ0n) is 14.8. The van der Waals surface area contributed by atoms with Crippen LogP contribution in [0.1, 0.15) is 18.2 Å². The number of halogens is 1. The molecule has 1 aliphatic rings. The summed E-state index contributed by atoms with van der Waals surface area (Å²) in [7, 11) is 1.69. The summed E-state index contributed by atoms with van der Waals surface area (Å²) < 4.78 is 11.4. The topological polar surface area (TPSA) is 46.6 Å². The van der Waals surface area contributed by atoms with E-state index < -0.39 is 0 Å². The van der Waals surface area contributed by atoms with Crippen LogP contribution in [-0.4, -0.2) is 42.7 Å². The predicted molar refractivity (Wildman–Crippen MR) is 102 cm³/mol. The van der Waals surface area contributed by atoms with Gasteiger partial charge in [0.15, 0.2) is 0 Å². The number of hydrogen-bond acceptors (Lipinski definition) is 5. The molecule has 0 unspecified atom stereocenters. The van der Waals surface area contributed by atoms with Crippen molar-refractivity contribution in [3.63, 3.8) is 0 Å². The van der Waals surface area contributed by atoms with E-state index in [9.17, 15) is 0 Å². The van der Waals surface area contributed by atoms with Crippen molar-refractivity contribution < 1.29 is 9.47 Å². The Morgan fingerprint density at radius 2 is 2.16 bits per heavy atom. The van der Waals surface area contributed by atoms with Crippen molar-refractivity contribution in [3.05, 3.63) is 53.9 Å². The first kappa shape index (κ1) is 19.5. The molecule has 1 N–H and O–H groups in total. The zero-order valence-corrected chi connectivity index (χ0v) is 15.6. The molecule has 1 saturated heterocycles. The molecule has 2 aromatic rings. The van der Waals surface area contributed by atoms with Crippen LogP contribution in [0.5, 0.6) is 11.5 Å². The van der Waals surface area contributed by atoms with E-state index in [-0.39, 0.29) is 12.4 Å². The number of pyridine rings is 1. The van der Waals surface area contributed by atoms with Crippen LogP contribution in [0, 0.1) is 0 Å². The molecule has 0 bridgehead atoms. The van der Waals surface area contributed by atoms with Crippen molar-refractivity contribution in [2.24, 2.45) is 0 Å². The summed E-state index contributed by atoms with van der Waals surface area (Å²) in [4.78, 5) is 6.76. The van der Waals surface area contributed by atoms with Crippen LogP contribution in [0.15, 0.2) is 42.6 Å². The predicted octanol–water partition coefficient (Wildman–Crippen LogP) is 2.88. The number of methoxy groups -OCH3 is 1. The first-order valence-corrected chi connectivity index (χ1v) is 8.40. The zero-order chi connectivity index (χ0) is 16.8. The summed E-state index contributed by atoms with van der Waals surface area (Å²) in [6.07, 6.45) is 1.79. The average Bonchev–Trinajstić information content (AvgIpc) is 2.61. The van der Waals surface area contributed by atoms with Crippen molar-refractivity contribution in [1.82, 2.24) is 15.2 Å². The highest BCUT2D eigenvalue weighted by Gasteiger charge is 2.17. The monoisotopic (exact) mass is 363 g/mol. The van der Waals surface area contributed by atoms with E-state index in [1.807, 2.05) is 30.3 Å². The number of aromatic nitrogens is 1. The molecule has 5 nitrogen and oxygen atoms in total. The maximum atomic E-state index is 6.03. The number of hydrogen-bond donors (Lipinski definition) is 1. The van der Waals surface area contributed by atoms with Crippen molar-refractivity contribution >= 4 is 12.4 Å². The number of nitrogens with one attached hydrogen (secondary N) is 1. The smallest absolute Gasteiger partial charge is 0.130 e. The van der Waals surface area contributed by atoms with Gasteiger partial charge in [-0.3, -0.25) is 9.88 Å². The minimum absolute atomic E-state index is 0. The molecule has 0 radical (unpaired) electrons. The molecule has 1 aliphatic heterocycles. The second kappa shape index (κ2) is 9.61. The largest absolute Gasteiger partial charge is 0.497 e. The van der Waals surface area contributed by atoms with Gasteiger partial charge >= 0.3 is 0 Å². The Bertz CT molecular complexity index is 654. The van der Waals surface area contributed by atoms with Gasteiger partial charge in [0.2, 0.25) is 0 Å². The quantitative estimate of drug-likeness (QED) is 0.855. The standard InChI is InChI=1S/C19H25N3O2.ClH/c1-15-12-22(10-9-20-15)13-16-11-18(23-2)6-7-19(16)24-14-17-5-3-4-8-21-17;/h3-8,11,15,20H,9-10,12-14H2,1-2H3;1H/t15-;/m1./s1. The Balaban J connectivity index is 0.00000225. The van der Waals surface area contributed by atoms with Gasteiger partial charge in [0.1, 0.15) is 18.1 Å². The summed E-state index contributed by atoms with van der Waals surface area (Å²) in [5.74, 6) is 1.76. The SMILES string of the molecule is COc1ccc(OCc2ccccn2)c(CN2CCN[C@H](C)C2)c1.Cl. The highest BCUT2D eigenvalue weighted by Crippen LogP contribution is 2.26. The lowest BCUT2D eigenvalue weighted by molar-refractivity contribution is 0.195. The van der Waals surface area contributed by atoms with Gasteiger partial charge in [0.25, 0.3) is 0 Å². The summed E-state index contributed by atoms with van der Waals surface area (Å²) in [5, 5.41) is 3.48. The first-order chi connectivity index (χ1) is 11.7. The van der Waals surface area contributed by atoms with E-state index in [4.69, 9.17) is 9.47 Å². The van der Waals surface area contributed by atoms with Crippen LogP contribution >= 0.6 is 12.4 Å². The van der Waals surface area contributed by atoms with E-state index >= 15 is 0 Å². The highest BCUT2D eigenvalue weighted by atomic mass is 35.5. The minimum Gasteiger partial charge on any atom is -0.497 e. The molecule has 25 heavy (non-hydrogen) atoms. The summed E-state index contributed by atoms with van der Waals surface area (Å²) >= 11 is 0. The Kier molecular flexibility index (Phi) is 7.50. The van der Waals surface area contributed by atoms with E-state index in [1.54, 1.807) is 13.3 Å². The van der Waals surface area contributed by atoms with Gasteiger partial charge in [-0.1, -0.05) is 6.07 Å². The van der Waals surface area contributed by atoms with Crippen LogP contribution < -0.4 is 14.8 Å². The molecular weight excluding hydrogens is 338 g/mol.